The maximum absolute atomic E-state index is 12.8. The predicted molar refractivity (Wildman–Crippen MR) is 127 cm³/mol. The summed E-state index contributed by atoms with van der Waals surface area (Å²) in [4.78, 5) is 47.1. The Balaban J connectivity index is 1.54. The average molecular weight is 468 g/mol. The van der Waals surface area contributed by atoms with E-state index >= 15 is 0 Å². The molecule has 1 aliphatic carbocycles. The van der Waals surface area contributed by atoms with Gasteiger partial charge in [0.2, 0.25) is 5.91 Å². The number of likely N-dealkylation sites (tertiary alicyclic amines) is 1. The van der Waals surface area contributed by atoms with E-state index in [0.717, 1.165) is 25.0 Å². The number of pyridine rings is 1. The molecule has 182 valence electrons. The van der Waals surface area contributed by atoms with Crippen LogP contribution < -0.4 is 4.90 Å². The summed E-state index contributed by atoms with van der Waals surface area (Å²) in [5.74, 6) is 0.0922. The number of carbonyl (C=O) groups excluding carboxylic acids is 3. The van der Waals surface area contributed by atoms with Crippen LogP contribution in [0.15, 0.2) is 18.5 Å². The normalized spacial score (nSPS) is 24.5. The molecule has 5 rings (SSSR count). The summed E-state index contributed by atoms with van der Waals surface area (Å²) in [6.45, 7) is 6.86. The van der Waals surface area contributed by atoms with E-state index in [0.29, 0.717) is 42.7 Å². The minimum Gasteiger partial charge on any atom is -0.461 e. The molecular weight excluding hydrogens is 434 g/mol. The van der Waals surface area contributed by atoms with Gasteiger partial charge in [0, 0.05) is 44.9 Å². The van der Waals surface area contributed by atoms with Gasteiger partial charge in [0.25, 0.3) is 0 Å². The smallest absolute Gasteiger partial charge is 0.331 e. The monoisotopic (exact) mass is 467 g/mol. The van der Waals surface area contributed by atoms with Crippen molar-refractivity contribution in [2.24, 2.45) is 0 Å². The van der Waals surface area contributed by atoms with Gasteiger partial charge in [-0.05, 0) is 43.7 Å². The third kappa shape index (κ3) is 3.96. The van der Waals surface area contributed by atoms with Crippen LogP contribution in [-0.2, 0) is 14.3 Å². The molecule has 9 nitrogen and oxygen atoms in total. The molecule has 2 saturated heterocycles. The zero-order valence-corrected chi connectivity index (χ0v) is 20.4. The van der Waals surface area contributed by atoms with Crippen molar-refractivity contribution in [2.75, 3.05) is 25.0 Å². The first kappa shape index (κ1) is 22.8. The topological polar surface area (TPSA) is 87.5 Å². The van der Waals surface area contributed by atoms with E-state index in [4.69, 9.17) is 9.72 Å². The number of nitrogens with zero attached hydrogens (tertiary/aromatic N) is 5. The highest BCUT2D eigenvalue weighted by Crippen LogP contribution is 2.43. The first-order chi connectivity index (χ1) is 16.3. The highest BCUT2D eigenvalue weighted by Gasteiger charge is 2.40. The molecule has 2 aromatic rings. The molecule has 0 spiro atoms. The zero-order valence-electron chi connectivity index (χ0n) is 20.4. The van der Waals surface area contributed by atoms with Gasteiger partial charge in [0.15, 0.2) is 5.65 Å². The number of ether oxygens (including phenoxy) is 1. The van der Waals surface area contributed by atoms with Gasteiger partial charge in [0.1, 0.15) is 12.6 Å². The summed E-state index contributed by atoms with van der Waals surface area (Å²) in [5.41, 5.74) is 3.42. The lowest BCUT2D eigenvalue weighted by Gasteiger charge is -2.28. The molecule has 1 unspecified atom stereocenters. The summed E-state index contributed by atoms with van der Waals surface area (Å²) < 4.78 is 7.71. The molecule has 2 aromatic heterocycles. The molecule has 2 aliphatic heterocycles. The standard InChI is InChI=1S/C25H33N5O4/c1-5-15(3)29-12-18(34-23(32)6-2)10-20(29)19-13-28-11-17(16-7-8-16)9-21(24(28)26-19)30-14-22(31)27(4)25(30)33/h9,11,13,15-16,18,20H,5-8,10,12,14H2,1-4H3/t15?,18-,20+/m0/s1. The number of rotatable bonds is 7. The van der Waals surface area contributed by atoms with Crippen molar-refractivity contribution in [3.63, 3.8) is 0 Å². The molecule has 3 atom stereocenters. The number of likely N-dealkylation sites (N-methyl/N-ethyl adjacent to an activating group) is 1. The van der Waals surface area contributed by atoms with Gasteiger partial charge in [-0.1, -0.05) is 13.8 Å². The largest absolute Gasteiger partial charge is 0.461 e. The average Bonchev–Trinajstić information content (AvgIpc) is 3.38. The Labute approximate surface area is 199 Å². The number of urea groups is 1. The fraction of sp³-hybridized carbons (Fsp3) is 0.600. The van der Waals surface area contributed by atoms with Crippen molar-refractivity contribution in [1.82, 2.24) is 19.2 Å². The number of amides is 3. The number of hydrogen-bond donors (Lipinski definition) is 0. The second-order valence-electron chi connectivity index (χ2n) is 9.82. The molecule has 1 saturated carbocycles. The van der Waals surface area contributed by atoms with Gasteiger partial charge in [-0.2, -0.15) is 0 Å². The lowest BCUT2D eigenvalue weighted by molar-refractivity contribution is -0.148. The van der Waals surface area contributed by atoms with Gasteiger partial charge in [-0.25, -0.2) is 9.78 Å². The Morgan fingerprint density at radius 2 is 2.00 bits per heavy atom. The van der Waals surface area contributed by atoms with Crippen molar-refractivity contribution >= 4 is 29.2 Å². The second kappa shape index (κ2) is 8.69. The van der Waals surface area contributed by atoms with Crippen LogP contribution in [0, 0.1) is 0 Å². The Hall–Kier alpha value is -2.94. The van der Waals surface area contributed by atoms with Crippen LogP contribution in [0.2, 0.25) is 0 Å². The van der Waals surface area contributed by atoms with Crippen molar-refractivity contribution in [3.8, 4) is 0 Å². The van der Waals surface area contributed by atoms with E-state index in [-0.39, 0.29) is 36.6 Å². The van der Waals surface area contributed by atoms with E-state index in [1.165, 1.54) is 22.4 Å². The molecule has 4 heterocycles. The van der Waals surface area contributed by atoms with Crippen LogP contribution in [0.4, 0.5) is 10.5 Å². The molecule has 9 heteroatoms. The molecule has 3 fully saturated rings. The van der Waals surface area contributed by atoms with Crippen molar-refractivity contribution in [2.45, 2.75) is 77.0 Å². The van der Waals surface area contributed by atoms with Crippen molar-refractivity contribution in [1.29, 1.82) is 0 Å². The Bertz CT molecular complexity index is 1140. The lowest BCUT2D eigenvalue weighted by atomic mass is 10.1. The molecule has 34 heavy (non-hydrogen) atoms. The van der Waals surface area contributed by atoms with Crippen molar-refractivity contribution < 1.29 is 19.1 Å². The second-order valence-corrected chi connectivity index (χ2v) is 9.82. The number of carbonyl (C=O) groups is 3. The van der Waals surface area contributed by atoms with Crippen molar-refractivity contribution in [3.05, 3.63) is 29.7 Å². The fourth-order valence-corrected chi connectivity index (χ4v) is 5.09. The summed E-state index contributed by atoms with van der Waals surface area (Å²) >= 11 is 0. The van der Waals surface area contributed by atoms with Gasteiger partial charge >= 0.3 is 12.0 Å². The highest BCUT2D eigenvalue weighted by molar-refractivity contribution is 6.13. The molecule has 0 bridgehead atoms. The van der Waals surface area contributed by atoms with E-state index < -0.39 is 0 Å². The summed E-state index contributed by atoms with van der Waals surface area (Å²) in [5, 5.41) is 0. The predicted octanol–water partition coefficient (Wildman–Crippen LogP) is 3.48. The summed E-state index contributed by atoms with van der Waals surface area (Å²) in [6.07, 6.45) is 8.29. The number of hydrogen-bond acceptors (Lipinski definition) is 6. The maximum atomic E-state index is 12.8. The van der Waals surface area contributed by atoms with Crippen LogP contribution in [0.1, 0.15) is 76.1 Å². The third-order valence-corrected chi connectivity index (χ3v) is 7.48. The molecule has 0 N–H and O–H groups in total. The van der Waals surface area contributed by atoms with Crippen LogP contribution in [0.5, 0.6) is 0 Å². The Morgan fingerprint density at radius 1 is 1.24 bits per heavy atom. The van der Waals surface area contributed by atoms with Gasteiger partial charge < -0.3 is 9.14 Å². The molecular formula is C25H33N5O4. The first-order valence-corrected chi connectivity index (χ1v) is 12.4. The minimum absolute atomic E-state index is 0.0142. The van der Waals surface area contributed by atoms with E-state index in [1.54, 1.807) is 0 Å². The first-order valence-electron chi connectivity index (χ1n) is 12.4. The quantitative estimate of drug-likeness (QED) is 0.458. The molecule has 3 amide bonds. The zero-order chi connectivity index (χ0) is 24.1. The molecule has 0 radical (unpaired) electrons. The van der Waals surface area contributed by atoms with Gasteiger partial charge in [-0.3, -0.25) is 24.3 Å². The Morgan fingerprint density at radius 3 is 2.62 bits per heavy atom. The number of aromatic nitrogens is 2. The summed E-state index contributed by atoms with van der Waals surface area (Å²) in [6, 6.07) is 2.03. The van der Waals surface area contributed by atoms with Crippen LogP contribution in [0.3, 0.4) is 0 Å². The molecule has 3 aliphatic rings. The highest BCUT2D eigenvalue weighted by atomic mass is 16.5. The number of imidazole rings is 1. The van der Waals surface area contributed by atoms with Crippen LogP contribution in [-0.4, -0.2) is 69.4 Å². The van der Waals surface area contributed by atoms with E-state index in [1.807, 2.05) is 23.6 Å². The van der Waals surface area contributed by atoms with Gasteiger partial charge in [0.05, 0.1) is 17.4 Å². The summed E-state index contributed by atoms with van der Waals surface area (Å²) in [7, 11) is 1.52. The number of fused-ring (bicyclic) bond motifs is 1. The third-order valence-electron chi connectivity index (χ3n) is 7.48. The fourth-order valence-electron chi connectivity index (χ4n) is 5.09. The number of anilines is 1. The maximum Gasteiger partial charge on any atom is 0.331 e. The SMILES string of the molecule is CCC(=O)O[C@H]1C[C@H](c2cn3cc(C4CC4)cc(N4CC(=O)N(C)C4=O)c3n2)N(C(C)CC)C1. The van der Waals surface area contributed by atoms with E-state index in [9.17, 15) is 14.4 Å². The minimum atomic E-state index is -0.321. The van der Waals surface area contributed by atoms with E-state index in [2.05, 4.69) is 24.9 Å². The number of esters is 1. The van der Waals surface area contributed by atoms with Crippen LogP contribution >= 0.6 is 0 Å². The van der Waals surface area contributed by atoms with Gasteiger partial charge in [-0.15, -0.1) is 0 Å². The number of imide groups is 1. The lowest BCUT2D eigenvalue weighted by Crippen LogP contribution is -2.34. The van der Waals surface area contributed by atoms with Crippen LogP contribution in [0.25, 0.3) is 5.65 Å². The molecule has 0 aromatic carbocycles. The Kier molecular flexibility index (Phi) is 5.83.